The predicted molar refractivity (Wildman–Crippen MR) is 52.1 cm³/mol. The summed E-state index contributed by atoms with van der Waals surface area (Å²) in [5.74, 6) is 0. The zero-order valence-corrected chi connectivity index (χ0v) is 8.78. The van der Waals surface area contributed by atoms with E-state index in [-0.39, 0.29) is 0 Å². The third-order valence-corrected chi connectivity index (χ3v) is 1.97. The Bertz CT molecular complexity index is 111. The molecule has 0 fully saturated rings. The van der Waals surface area contributed by atoms with Gasteiger partial charge in [0.05, 0.1) is 6.61 Å². The quantitative estimate of drug-likeness (QED) is 0.326. The first-order valence-corrected chi connectivity index (χ1v) is 5.12. The zero-order valence-electron chi connectivity index (χ0n) is 8.78. The lowest BCUT2D eigenvalue weighted by Crippen LogP contribution is -2.13. The monoisotopic (exact) mass is 207 g/mol. The first kappa shape index (κ1) is 13.8. The van der Waals surface area contributed by atoms with Gasteiger partial charge in [0.25, 0.3) is 0 Å². The van der Waals surface area contributed by atoms with Gasteiger partial charge in [0.2, 0.25) is 0 Å². The highest BCUT2D eigenvalue weighted by molar-refractivity contribution is 4.53. The molecule has 1 unspecified atom stereocenters. The minimum Gasteiger partial charge on any atom is -0.328 e. The molecule has 86 valence electrons. The van der Waals surface area contributed by atoms with Gasteiger partial charge in [-0.25, -0.2) is 10.1 Å². The lowest BCUT2D eigenvalue weighted by Gasteiger charge is -2.04. The summed E-state index contributed by atoms with van der Waals surface area (Å²) >= 11 is 0. The van der Waals surface area contributed by atoms with Crippen LogP contribution in [0.5, 0.6) is 0 Å². The van der Waals surface area contributed by atoms with Crippen molar-refractivity contribution in [3.63, 3.8) is 0 Å². The van der Waals surface area contributed by atoms with E-state index in [0.29, 0.717) is 12.6 Å². The molecule has 5 heteroatoms. The SMILES string of the molecule is CC(N)CCCCCCCOOOO. The van der Waals surface area contributed by atoms with Gasteiger partial charge in [-0.05, 0) is 29.8 Å². The summed E-state index contributed by atoms with van der Waals surface area (Å²) in [5, 5.41) is 14.8. The van der Waals surface area contributed by atoms with Gasteiger partial charge in [-0.3, -0.25) is 0 Å². The van der Waals surface area contributed by atoms with Gasteiger partial charge in [0, 0.05) is 6.04 Å². The van der Waals surface area contributed by atoms with Gasteiger partial charge in [0.15, 0.2) is 0 Å². The van der Waals surface area contributed by atoms with E-state index in [1.54, 1.807) is 0 Å². The average molecular weight is 207 g/mol. The summed E-state index contributed by atoms with van der Waals surface area (Å²) in [6, 6.07) is 0.313. The van der Waals surface area contributed by atoms with Crippen LogP contribution in [0.15, 0.2) is 0 Å². The number of rotatable bonds is 10. The van der Waals surface area contributed by atoms with Crippen LogP contribution in [0.4, 0.5) is 0 Å². The Kier molecular flexibility index (Phi) is 10.7. The van der Waals surface area contributed by atoms with E-state index in [4.69, 9.17) is 11.0 Å². The van der Waals surface area contributed by atoms with Crippen molar-refractivity contribution < 1.29 is 20.2 Å². The Morgan fingerprint density at radius 3 is 2.43 bits per heavy atom. The molecule has 5 nitrogen and oxygen atoms in total. The van der Waals surface area contributed by atoms with Crippen molar-refractivity contribution in [1.82, 2.24) is 0 Å². The van der Waals surface area contributed by atoms with Crippen molar-refractivity contribution >= 4 is 0 Å². The van der Waals surface area contributed by atoms with E-state index < -0.39 is 0 Å². The van der Waals surface area contributed by atoms with Gasteiger partial charge in [-0.1, -0.05) is 25.7 Å². The zero-order chi connectivity index (χ0) is 10.6. The van der Waals surface area contributed by atoms with Crippen LogP contribution in [-0.4, -0.2) is 17.9 Å². The molecule has 0 amide bonds. The highest BCUT2D eigenvalue weighted by Gasteiger charge is 1.95. The smallest absolute Gasteiger partial charge is 0.0854 e. The first-order valence-electron chi connectivity index (χ1n) is 5.12. The maximum atomic E-state index is 7.73. The van der Waals surface area contributed by atoms with Crippen LogP contribution in [-0.2, 0) is 15.0 Å². The molecule has 0 aromatic heterocycles. The van der Waals surface area contributed by atoms with Gasteiger partial charge in [-0.15, -0.1) is 0 Å². The second-order valence-electron chi connectivity index (χ2n) is 3.50. The highest BCUT2D eigenvalue weighted by Crippen LogP contribution is 2.06. The van der Waals surface area contributed by atoms with E-state index in [1.807, 2.05) is 6.92 Å². The third-order valence-electron chi connectivity index (χ3n) is 1.97. The molecule has 0 rings (SSSR count). The Hall–Kier alpha value is -0.200. The minimum atomic E-state index is 0.313. The molecule has 0 radical (unpaired) electrons. The van der Waals surface area contributed by atoms with Crippen LogP contribution in [0.1, 0.15) is 45.4 Å². The van der Waals surface area contributed by atoms with Crippen LogP contribution in [0.25, 0.3) is 0 Å². The Morgan fingerprint density at radius 2 is 1.79 bits per heavy atom. The molecular weight excluding hydrogens is 186 g/mol. The second-order valence-corrected chi connectivity index (χ2v) is 3.50. The molecule has 0 heterocycles. The molecule has 0 bridgehead atoms. The molecule has 14 heavy (non-hydrogen) atoms. The first-order chi connectivity index (χ1) is 6.77. The molecule has 3 N–H and O–H groups in total. The minimum absolute atomic E-state index is 0.313. The van der Waals surface area contributed by atoms with Crippen molar-refractivity contribution in [2.24, 2.45) is 5.73 Å². The molecular formula is C9H21NO4. The summed E-state index contributed by atoms with van der Waals surface area (Å²) in [4.78, 5) is 4.44. The van der Waals surface area contributed by atoms with Crippen LogP contribution >= 0.6 is 0 Å². The third kappa shape index (κ3) is 11.8. The standard InChI is InChI=1S/C9H21NO4/c1-9(10)7-5-3-2-4-6-8-12-14-13-11/h9,11H,2-8,10H2,1H3. The number of nitrogens with two attached hydrogens (primary N) is 1. The van der Waals surface area contributed by atoms with Crippen LogP contribution < -0.4 is 5.73 Å². The maximum absolute atomic E-state index is 7.73. The molecule has 0 aromatic carbocycles. The fourth-order valence-electron chi connectivity index (χ4n) is 1.21. The largest absolute Gasteiger partial charge is 0.328 e. The summed E-state index contributed by atoms with van der Waals surface area (Å²) < 4.78 is 0. The molecule has 0 saturated carbocycles. The van der Waals surface area contributed by atoms with Gasteiger partial charge in [-0.2, -0.15) is 0 Å². The number of hydrogen-bond acceptors (Lipinski definition) is 5. The van der Waals surface area contributed by atoms with E-state index >= 15 is 0 Å². The molecule has 0 aliphatic carbocycles. The second kappa shape index (κ2) is 10.9. The van der Waals surface area contributed by atoms with E-state index in [0.717, 1.165) is 19.3 Å². The van der Waals surface area contributed by atoms with Gasteiger partial charge >= 0.3 is 0 Å². The summed E-state index contributed by atoms with van der Waals surface area (Å²) in [6.45, 7) is 2.47. The van der Waals surface area contributed by atoms with Crippen molar-refractivity contribution in [3.05, 3.63) is 0 Å². The van der Waals surface area contributed by atoms with Crippen molar-refractivity contribution in [3.8, 4) is 0 Å². The van der Waals surface area contributed by atoms with Crippen molar-refractivity contribution in [1.29, 1.82) is 0 Å². The Morgan fingerprint density at radius 1 is 1.14 bits per heavy atom. The van der Waals surface area contributed by atoms with Crippen LogP contribution in [0.2, 0.25) is 0 Å². The van der Waals surface area contributed by atoms with E-state index in [2.05, 4.69) is 15.0 Å². The molecule has 0 aromatic rings. The summed E-state index contributed by atoms with van der Waals surface area (Å²) in [5.41, 5.74) is 5.61. The van der Waals surface area contributed by atoms with E-state index in [9.17, 15) is 0 Å². The Balaban J connectivity index is 2.85. The molecule has 0 aliphatic heterocycles. The summed E-state index contributed by atoms with van der Waals surface area (Å²) in [6.07, 6.45) is 6.66. The van der Waals surface area contributed by atoms with Crippen molar-refractivity contribution in [2.45, 2.75) is 51.5 Å². The predicted octanol–water partition coefficient (Wildman–Crippen LogP) is 2.03. The topological polar surface area (TPSA) is 73.9 Å². The van der Waals surface area contributed by atoms with Gasteiger partial charge < -0.3 is 5.73 Å². The van der Waals surface area contributed by atoms with E-state index in [1.165, 1.54) is 19.3 Å². The molecule has 0 aliphatic rings. The highest BCUT2D eigenvalue weighted by atomic mass is 17.6. The molecule has 0 spiro atoms. The molecule has 0 saturated heterocycles. The van der Waals surface area contributed by atoms with Crippen LogP contribution in [0.3, 0.4) is 0 Å². The number of unbranched alkanes of at least 4 members (excludes halogenated alkanes) is 4. The Labute approximate surface area is 84.9 Å². The van der Waals surface area contributed by atoms with Gasteiger partial charge in [0.1, 0.15) is 0 Å². The maximum Gasteiger partial charge on any atom is 0.0854 e. The normalized spacial score (nSPS) is 13.1. The summed E-state index contributed by atoms with van der Waals surface area (Å²) in [7, 11) is 0. The van der Waals surface area contributed by atoms with Crippen LogP contribution in [0, 0.1) is 0 Å². The average Bonchev–Trinajstić information content (AvgIpc) is 2.15. The lowest BCUT2D eigenvalue weighted by atomic mass is 10.1. The lowest BCUT2D eigenvalue weighted by molar-refractivity contribution is -0.623. The fourth-order valence-corrected chi connectivity index (χ4v) is 1.21. The molecule has 1 atom stereocenters. The fraction of sp³-hybridized carbons (Fsp3) is 1.00. The number of hydrogen-bond donors (Lipinski definition) is 2. The van der Waals surface area contributed by atoms with Crippen molar-refractivity contribution in [2.75, 3.05) is 6.61 Å².